The van der Waals surface area contributed by atoms with Gasteiger partial charge in [0.05, 0.1) is 6.04 Å². The first kappa shape index (κ1) is 12.0. The van der Waals surface area contributed by atoms with Gasteiger partial charge in [-0.2, -0.15) is 0 Å². The molecule has 1 aliphatic heterocycles. The maximum Gasteiger partial charge on any atom is 0.322 e. The van der Waals surface area contributed by atoms with Crippen LogP contribution in [0.5, 0.6) is 0 Å². The molecule has 1 saturated heterocycles. The third-order valence-corrected chi connectivity index (χ3v) is 2.88. The molecule has 94 valence electrons. The smallest absolute Gasteiger partial charge is 0.322 e. The number of carbonyl (C=O) groups is 1. The highest BCUT2D eigenvalue weighted by Crippen LogP contribution is 2.11. The molecule has 1 aromatic rings. The Balaban J connectivity index is 1.89. The SMILES string of the molecule is Cc1nnc(NC(=O)C2CCCCCCN2)o1. The second-order valence-electron chi connectivity index (χ2n) is 4.33. The molecule has 1 aliphatic rings. The number of hydrogen-bond donors (Lipinski definition) is 2. The molecule has 1 aromatic heterocycles. The van der Waals surface area contributed by atoms with E-state index in [-0.39, 0.29) is 18.0 Å². The molecular weight excluding hydrogens is 220 g/mol. The molecule has 17 heavy (non-hydrogen) atoms. The van der Waals surface area contributed by atoms with Crippen LogP contribution in [0.4, 0.5) is 6.01 Å². The summed E-state index contributed by atoms with van der Waals surface area (Å²) < 4.78 is 5.12. The fraction of sp³-hybridized carbons (Fsp3) is 0.727. The van der Waals surface area contributed by atoms with Crippen LogP contribution in [-0.4, -0.2) is 28.7 Å². The van der Waals surface area contributed by atoms with Gasteiger partial charge in [0.1, 0.15) is 0 Å². The van der Waals surface area contributed by atoms with Gasteiger partial charge in [-0.05, 0) is 19.4 Å². The van der Waals surface area contributed by atoms with Gasteiger partial charge in [0.2, 0.25) is 11.8 Å². The Morgan fingerprint density at radius 3 is 2.94 bits per heavy atom. The summed E-state index contributed by atoms with van der Waals surface area (Å²) in [6.07, 6.45) is 5.51. The first-order chi connectivity index (χ1) is 8.25. The van der Waals surface area contributed by atoms with E-state index in [0.717, 1.165) is 25.8 Å². The number of aryl methyl sites for hydroxylation is 1. The van der Waals surface area contributed by atoms with E-state index in [1.165, 1.54) is 12.8 Å². The highest BCUT2D eigenvalue weighted by atomic mass is 16.4. The lowest BCUT2D eigenvalue weighted by Crippen LogP contribution is -2.41. The van der Waals surface area contributed by atoms with Crippen LogP contribution in [0, 0.1) is 6.92 Å². The molecule has 0 aliphatic carbocycles. The van der Waals surface area contributed by atoms with Gasteiger partial charge < -0.3 is 9.73 Å². The van der Waals surface area contributed by atoms with Crippen molar-refractivity contribution in [3.8, 4) is 0 Å². The minimum Gasteiger partial charge on any atom is -0.408 e. The van der Waals surface area contributed by atoms with Crippen molar-refractivity contribution >= 4 is 11.9 Å². The first-order valence-corrected chi connectivity index (χ1v) is 6.10. The molecule has 2 heterocycles. The van der Waals surface area contributed by atoms with Crippen LogP contribution >= 0.6 is 0 Å². The molecule has 1 atom stereocenters. The first-order valence-electron chi connectivity index (χ1n) is 6.10. The van der Waals surface area contributed by atoms with Crippen LogP contribution in [0.2, 0.25) is 0 Å². The summed E-state index contributed by atoms with van der Waals surface area (Å²) in [4.78, 5) is 11.9. The van der Waals surface area contributed by atoms with Gasteiger partial charge in [-0.1, -0.05) is 24.4 Å². The standard InChI is InChI=1S/C11H18N4O2/c1-8-14-15-11(17-8)13-10(16)9-6-4-2-3-5-7-12-9/h9,12H,2-7H2,1H3,(H,13,15,16). The Morgan fingerprint density at radius 2 is 2.18 bits per heavy atom. The minimum atomic E-state index is -0.150. The topological polar surface area (TPSA) is 80.0 Å². The molecule has 6 nitrogen and oxygen atoms in total. The van der Waals surface area contributed by atoms with Gasteiger partial charge in [-0.3, -0.25) is 10.1 Å². The molecule has 1 amide bonds. The lowest BCUT2D eigenvalue weighted by atomic mass is 10.0. The number of hydrogen-bond acceptors (Lipinski definition) is 5. The zero-order chi connectivity index (χ0) is 12.1. The second-order valence-corrected chi connectivity index (χ2v) is 4.33. The van der Waals surface area contributed by atoms with Crippen molar-refractivity contribution in [3.05, 3.63) is 5.89 Å². The Bertz CT molecular complexity index is 369. The zero-order valence-corrected chi connectivity index (χ0v) is 10.0. The molecule has 0 saturated carbocycles. The monoisotopic (exact) mass is 238 g/mol. The zero-order valence-electron chi connectivity index (χ0n) is 10.0. The lowest BCUT2D eigenvalue weighted by Gasteiger charge is -2.19. The Labute approximate surface area is 100 Å². The molecule has 2 N–H and O–H groups in total. The van der Waals surface area contributed by atoms with Crippen LogP contribution in [0.1, 0.15) is 38.0 Å². The molecule has 1 unspecified atom stereocenters. The number of amides is 1. The summed E-state index contributed by atoms with van der Waals surface area (Å²) in [6.45, 7) is 2.58. The molecule has 0 aromatic carbocycles. The maximum atomic E-state index is 11.9. The summed E-state index contributed by atoms with van der Waals surface area (Å²) in [5, 5.41) is 13.3. The summed E-state index contributed by atoms with van der Waals surface area (Å²) in [5.41, 5.74) is 0. The van der Waals surface area contributed by atoms with E-state index in [0.29, 0.717) is 5.89 Å². The lowest BCUT2D eigenvalue weighted by molar-refractivity contribution is -0.118. The predicted molar refractivity (Wildman–Crippen MR) is 62.5 cm³/mol. The molecule has 0 spiro atoms. The van der Waals surface area contributed by atoms with Crippen LogP contribution in [0.3, 0.4) is 0 Å². The third kappa shape index (κ3) is 3.52. The van der Waals surface area contributed by atoms with Crippen LogP contribution in [0.25, 0.3) is 0 Å². The number of carbonyl (C=O) groups excluding carboxylic acids is 1. The van der Waals surface area contributed by atoms with Crippen molar-refractivity contribution in [2.24, 2.45) is 0 Å². The van der Waals surface area contributed by atoms with Gasteiger partial charge in [0, 0.05) is 6.92 Å². The predicted octanol–water partition coefficient (Wildman–Crippen LogP) is 1.24. The van der Waals surface area contributed by atoms with Crippen molar-refractivity contribution in [1.29, 1.82) is 0 Å². The highest BCUT2D eigenvalue weighted by molar-refractivity contribution is 5.92. The molecule has 0 radical (unpaired) electrons. The van der Waals surface area contributed by atoms with Gasteiger partial charge >= 0.3 is 6.01 Å². The Hall–Kier alpha value is -1.43. The number of rotatable bonds is 2. The van der Waals surface area contributed by atoms with E-state index < -0.39 is 0 Å². The van der Waals surface area contributed by atoms with E-state index in [4.69, 9.17) is 4.42 Å². The van der Waals surface area contributed by atoms with E-state index in [1.807, 2.05) is 0 Å². The Morgan fingerprint density at radius 1 is 1.35 bits per heavy atom. The van der Waals surface area contributed by atoms with Crippen molar-refractivity contribution in [1.82, 2.24) is 15.5 Å². The van der Waals surface area contributed by atoms with Crippen LogP contribution in [-0.2, 0) is 4.79 Å². The van der Waals surface area contributed by atoms with Crippen LogP contribution in [0.15, 0.2) is 4.42 Å². The summed E-state index contributed by atoms with van der Waals surface area (Å²) in [5.74, 6) is 0.362. The molecule has 2 rings (SSSR count). The van der Waals surface area contributed by atoms with Crippen molar-refractivity contribution in [2.45, 2.75) is 45.1 Å². The summed E-state index contributed by atoms with van der Waals surface area (Å²) >= 11 is 0. The van der Waals surface area contributed by atoms with E-state index in [9.17, 15) is 4.79 Å². The van der Waals surface area contributed by atoms with Gasteiger partial charge in [-0.15, -0.1) is 5.10 Å². The van der Waals surface area contributed by atoms with E-state index in [1.54, 1.807) is 6.92 Å². The van der Waals surface area contributed by atoms with Gasteiger partial charge in [0.15, 0.2) is 0 Å². The summed E-state index contributed by atoms with van der Waals surface area (Å²) in [6, 6.07) is 0.0267. The Kier molecular flexibility index (Phi) is 4.08. The number of nitrogens with zero attached hydrogens (tertiary/aromatic N) is 2. The molecule has 6 heteroatoms. The fourth-order valence-electron chi connectivity index (χ4n) is 1.97. The molecule has 1 fully saturated rings. The normalized spacial score (nSPS) is 21.6. The van der Waals surface area contributed by atoms with E-state index in [2.05, 4.69) is 20.8 Å². The fourth-order valence-corrected chi connectivity index (χ4v) is 1.97. The van der Waals surface area contributed by atoms with Crippen molar-refractivity contribution in [3.63, 3.8) is 0 Å². The average Bonchev–Trinajstić information content (AvgIpc) is 2.63. The largest absolute Gasteiger partial charge is 0.408 e. The van der Waals surface area contributed by atoms with Gasteiger partial charge in [0.25, 0.3) is 0 Å². The van der Waals surface area contributed by atoms with Crippen molar-refractivity contribution < 1.29 is 9.21 Å². The maximum absolute atomic E-state index is 11.9. The van der Waals surface area contributed by atoms with Crippen molar-refractivity contribution in [2.75, 3.05) is 11.9 Å². The summed E-state index contributed by atoms with van der Waals surface area (Å²) in [7, 11) is 0. The van der Waals surface area contributed by atoms with E-state index >= 15 is 0 Å². The van der Waals surface area contributed by atoms with Gasteiger partial charge in [-0.25, -0.2) is 0 Å². The number of nitrogens with one attached hydrogen (secondary N) is 2. The molecule has 0 bridgehead atoms. The third-order valence-electron chi connectivity index (χ3n) is 2.88. The molecular formula is C11H18N4O2. The average molecular weight is 238 g/mol. The van der Waals surface area contributed by atoms with Crippen LogP contribution < -0.4 is 10.6 Å². The quantitative estimate of drug-likeness (QED) is 0.810. The number of aromatic nitrogens is 2. The highest BCUT2D eigenvalue weighted by Gasteiger charge is 2.20. The second kappa shape index (κ2) is 5.77. The minimum absolute atomic E-state index is 0.0875. The number of anilines is 1.